The van der Waals surface area contributed by atoms with E-state index in [1.54, 1.807) is 12.1 Å². The number of ether oxygens (including phenoxy) is 1. The van der Waals surface area contributed by atoms with Crippen LogP contribution >= 0.6 is 0 Å². The van der Waals surface area contributed by atoms with Gasteiger partial charge in [-0.15, -0.1) is 0 Å². The van der Waals surface area contributed by atoms with Crippen LogP contribution in [0.4, 0.5) is 8.78 Å². The van der Waals surface area contributed by atoms with E-state index in [0.717, 1.165) is 18.4 Å². The summed E-state index contributed by atoms with van der Waals surface area (Å²) in [5.74, 6) is 0. The Morgan fingerprint density at radius 2 is 1.84 bits per heavy atom. The van der Waals surface area contributed by atoms with Gasteiger partial charge in [-0.1, -0.05) is 24.3 Å². The number of hydrogen-bond acceptors (Lipinski definition) is 3. The van der Waals surface area contributed by atoms with Gasteiger partial charge in [-0.25, -0.2) is 8.78 Å². The highest BCUT2D eigenvalue weighted by Crippen LogP contribution is 2.22. The standard InChI is InChI=1S/C14H19F2NO2/c15-13(16)12-3-1-11(2-4-12)9-17-14(10-18)5-7-19-8-6-14/h1-4,13,17-18H,5-10H2. The van der Waals surface area contributed by atoms with E-state index < -0.39 is 6.43 Å². The van der Waals surface area contributed by atoms with Gasteiger partial charge in [-0.2, -0.15) is 0 Å². The molecule has 1 heterocycles. The number of aliphatic hydroxyl groups is 1. The van der Waals surface area contributed by atoms with Crippen LogP contribution in [-0.4, -0.2) is 30.5 Å². The summed E-state index contributed by atoms with van der Waals surface area (Å²) in [6.07, 6.45) is -0.904. The van der Waals surface area contributed by atoms with E-state index in [9.17, 15) is 13.9 Å². The van der Waals surface area contributed by atoms with Crippen LogP contribution in [-0.2, 0) is 11.3 Å². The SMILES string of the molecule is OCC1(NCc2ccc(C(F)F)cc2)CCOCC1. The summed E-state index contributed by atoms with van der Waals surface area (Å²) in [6.45, 7) is 1.89. The summed E-state index contributed by atoms with van der Waals surface area (Å²) >= 11 is 0. The second kappa shape index (κ2) is 6.41. The number of aliphatic hydroxyl groups excluding tert-OH is 1. The summed E-state index contributed by atoms with van der Waals surface area (Å²) < 4.78 is 30.1. The molecule has 1 fully saturated rings. The van der Waals surface area contributed by atoms with Gasteiger partial charge in [0, 0.05) is 30.9 Å². The lowest BCUT2D eigenvalue weighted by Crippen LogP contribution is -2.51. The summed E-state index contributed by atoms with van der Waals surface area (Å²) in [5, 5.41) is 12.9. The van der Waals surface area contributed by atoms with Crippen LogP contribution in [0.2, 0.25) is 0 Å². The molecule has 0 aromatic heterocycles. The van der Waals surface area contributed by atoms with E-state index >= 15 is 0 Å². The first kappa shape index (κ1) is 14.4. The molecule has 0 bridgehead atoms. The van der Waals surface area contributed by atoms with Crippen LogP contribution in [0.5, 0.6) is 0 Å². The minimum Gasteiger partial charge on any atom is -0.394 e. The Morgan fingerprint density at radius 3 is 2.37 bits per heavy atom. The third-order valence-corrected chi connectivity index (χ3v) is 3.65. The van der Waals surface area contributed by atoms with Gasteiger partial charge in [0.1, 0.15) is 0 Å². The smallest absolute Gasteiger partial charge is 0.263 e. The van der Waals surface area contributed by atoms with Gasteiger partial charge in [-0.3, -0.25) is 0 Å². The normalized spacial score (nSPS) is 18.7. The van der Waals surface area contributed by atoms with Crippen molar-refractivity contribution in [3.8, 4) is 0 Å². The highest BCUT2D eigenvalue weighted by Gasteiger charge is 2.31. The Bertz CT molecular complexity index is 389. The van der Waals surface area contributed by atoms with E-state index in [0.29, 0.717) is 19.8 Å². The molecule has 106 valence electrons. The van der Waals surface area contributed by atoms with Crippen molar-refractivity contribution in [1.82, 2.24) is 5.32 Å². The third kappa shape index (κ3) is 3.72. The number of benzene rings is 1. The molecule has 0 spiro atoms. The zero-order valence-corrected chi connectivity index (χ0v) is 10.7. The van der Waals surface area contributed by atoms with E-state index in [1.807, 2.05) is 0 Å². The van der Waals surface area contributed by atoms with E-state index in [2.05, 4.69) is 5.32 Å². The van der Waals surface area contributed by atoms with Crippen LogP contribution in [0.1, 0.15) is 30.4 Å². The van der Waals surface area contributed by atoms with E-state index in [4.69, 9.17) is 4.74 Å². The van der Waals surface area contributed by atoms with Crippen LogP contribution in [0, 0.1) is 0 Å². The van der Waals surface area contributed by atoms with E-state index in [-0.39, 0.29) is 17.7 Å². The number of rotatable bonds is 5. The van der Waals surface area contributed by atoms with Crippen molar-refractivity contribution in [2.24, 2.45) is 0 Å². The fourth-order valence-corrected chi connectivity index (χ4v) is 2.22. The lowest BCUT2D eigenvalue weighted by atomic mass is 9.90. The molecule has 1 aromatic carbocycles. The fraction of sp³-hybridized carbons (Fsp3) is 0.571. The molecule has 0 unspecified atom stereocenters. The number of hydrogen-bond donors (Lipinski definition) is 2. The number of nitrogens with one attached hydrogen (secondary N) is 1. The minimum absolute atomic E-state index is 0.0340. The molecular weight excluding hydrogens is 252 g/mol. The first-order valence-corrected chi connectivity index (χ1v) is 6.46. The molecule has 0 amide bonds. The molecule has 5 heteroatoms. The maximum Gasteiger partial charge on any atom is 0.263 e. The van der Waals surface area contributed by atoms with Gasteiger partial charge in [0.15, 0.2) is 0 Å². The average molecular weight is 271 g/mol. The Labute approximate surface area is 111 Å². The second-order valence-electron chi connectivity index (χ2n) is 4.95. The topological polar surface area (TPSA) is 41.5 Å². The van der Waals surface area contributed by atoms with Crippen molar-refractivity contribution < 1.29 is 18.6 Å². The van der Waals surface area contributed by atoms with Crippen molar-refractivity contribution in [2.75, 3.05) is 19.8 Å². The zero-order valence-electron chi connectivity index (χ0n) is 10.7. The molecule has 0 radical (unpaired) electrons. The van der Waals surface area contributed by atoms with Crippen LogP contribution in [0.15, 0.2) is 24.3 Å². The Balaban J connectivity index is 1.93. The Morgan fingerprint density at radius 1 is 1.21 bits per heavy atom. The highest BCUT2D eigenvalue weighted by atomic mass is 19.3. The molecule has 0 atom stereocenters. The predicted octanol–water partition coefficient (Wildman–Crippen LogP) is 2.26. The lowest BCUT2D eigenvalue weighted by molar-refractivity contribution is 0.0111. The largest absolute Gasteiger partial charge is 0.394 e. The summed E-state index contributed by atoms with van der Waals surface area (Å²) in [7, 11) is 0. The molecule has 1 aromatic rings. The molecule has 0 saturated carbocycles. The summed E-state index contributed by atoms with van der Waals surface area (Å²) in [4.78, 5) is 0. The monoisotopic (exact) mass is 271 g/mol. The molecule has 2 rings (SSSR count). The maximum absolute atomic E-state index is 12.4. The van der Waals surface area contributed by atoms with Crippen LogP contribution in [0.3, 0.4) is 0 Å². The molecule has 1 aliphatic rings. The molecule has 19 heavy (non-hydrogen) atoms. The first-order chi connectivity index (χ1) is 9.15. The molecular formula is C14H19F2NO2. The fourth-order valence-electron chi connectivity index (χ4n) is 2.22. The maximum atomic E-state index is 12.4. The van der Waals surface area contributed by atoms with Gasteiger partial charge in [0.25, 0.3) is 6.43 Å². The van der Waals surface area contributed by atoms with Crippen molar-refractivity contribution >= 4 is 0 Å². The van der Waals surface area contributed by atoms with Crippen molar-refractivity contribution in [3.05, 3.63) is 35.4 Å². The third-order valence-electron chi connectivity index (χ3n) is 3.65. The minimum atomic E-state index is -2.43. The summed E-state index contributed by atoms with van der Waals surface area (Å²) in [5.41, 5.74) is 0.662. The zero-order chi connectivity index (χ0) is 13.7. The molecule has 1 saturated heterocycles. The lowest BCUT2D eigenvalue weighted by Gasteiger charge is -2.36. The Hall–Kier alpha value is -1.04. The average Bonchev–Trinajstić information content (AvgIpc) is 2.46. The van der Waals surface area contributed by atoms with Gasteiger partial charge < -0.3 is 15.2 Å². The number of halogens is 2. The number of alkyl halides is 2. The highest BCUT2D eigenvalue weighted by molar-refractivity contribution is 5.23. The van der Waals surface area contributed by atoms with Crippen molar-refractivity contribution in [1.29, 1.82) is 0 Å². The summed E-state index contributed by atoms with van der Waals surface area (Å²) in [6, 6.07) is 6.27. The van der Waals surface area contributed by atoms with Crippen molar-refractivity contribution in [3.63, 3.8) is 0 Å². The van der Waals surface area contributed by atoms with Crippen LogP contribution in [0.25, 0.3) is 0 Å². The molecule has 0 aliphatic carbocycles. The van der Waals surface area contributed by atoms with Crippen molar-refractivity contribution in [2.45, 2.75) is 31.4 Å². The molecule has 3 nitrogen and oxygen atoms in total. The quantitative estimate of drug-likeness (QED) is 0.863. The Kier molecular flexibility index (Phi) is 4.85. The second-order valence-corrected chi connectivity index (χ2v) is 4.95. The molecule has 1 aliphatic heterocycles. The molecule has 2 N–H and O–H groups in total. The predicted molar refractivity (Wildman–Crippen MR) is 68.1 cm³/mol. The van der Waals surface area contributed by atoms with Gasteiger partial charge in [-0.05, 0) is 18.4 Å². The van der Waals surface area contributed by atoms with Gasteiger partial charge >= 0.3 is 0 Å². The van der Waals surface area contributed by atoms with Gasteiger partial charge in [0.2, 0.25) is 0 Å². The van der Waals surface area contributed by atoms with Gasteiger partial charge in [0.05, 0.1) is 6.61 Å². The van der Waals surface area contributed by atoms with Crippen LogP contribution < -0.4 is 5.32 Å². The van der Waals surface area contributed by atoms with E-state index in [1.165, 1.54) is 12.1 Å². The first-order valence-electron chi connectivity index (χ1n) is 6.46.